The fourth-order valence-electron chi connectivity index (χ4n) is 1.58. The maximum absolute atomic E-state index is 13.3. The van der Waals surface area contributed by atoms with Crippen LogP contribution >= 0.6 is 0 Å². The maximum atomic E-state index is 13.3. The molecule has 8 heteroatoms. The van der Waals surface area contributed by atoms with Gasteiger partial charge in [-0.3, -0.25) is 4.79 Å². The summed E-state index contributed by atoms with van der Waals surface area (Å²) in [7, 11) is 0. The molecular formula is C14H8F5NO2. The summed E-state index contributed by atoms with van der Waals surface area (Å²) in [4.78, 5) is 11.5. The normalized spacial score (nSPS) is 10.4. The van der Waals surface area contributed by atoms with E-state index in [2.05, 4.69) is 10.1 Å². The van der Waals surface area contributed by atoms with Crippen LogP contribution in [-0.4, -0.2) is 12.5 Å². The van der Waals surface area contributed by atoms with Crippen LogP contribution in [0.1, 0.15) is 0 Å². The quantitative estimate of drug-likeness (QED) is 0.693. The van der Waals surface area contributed by atoms with Gasteiger partial charge in [-0.25, -0.2) is 13.2 Å². The first-order valence-electron chi connectivity index (χ1n) is 5.89. The molecule has 0 saturated carbocycles. The van der Waals surface area contributed by atoms with Crippen molar-refractivity contribution in [1.29, 1.82) is 0 Å². The van der Waals surface area contributed by atoms with E-state index in [-0.39, 0.29) is 11.8 Å². The summed E-state index contributed by atoms with van der Waals surface area (Å²) in [5, 5.41) is 2.18. The third-order valence-corrected chi connectivity index (χ3v) is 2.53. The Morgan fingerprint density at radius 1 is 1.00 bits per heavy atom. The van der Waals surface area contributed by atoms with Crippen molar-refractivity contribution in [2.45, 2.75) is 0 Å². The molecule has 22 heavy (non-hydrogen) atoms. The van der Waals surface area contributed by atoms with E-state index in [9.17, 15) is 26.7 Å². The van der Waals surface area contributed by atoms with Crippen molar-refractivity contribution in [2.75, 3.05) is 11.9 Å². The Morgan fingerprint density at radius 3 is 2.23 bits per heavy atom. The Hall–Kier alpha value is -2.64. The molecule has 0 unspecified atom stereocenters. The van der Waals surface area contributed by atoms with Crippen LogP contribution in [0.2, 0.25) is 0 Å². The summed E-state index contributed by atoms with van der Waals surface area (Å²) in [6.07, 6.45) is 0. The number of hydrogen-bond acceptors (Lipinski definition) is 2. The van der Waals surface area contributed by atoms with Gasteiger partial charge in [-0.15, -0.1) is 0 Å². The Kier molecular flexibility index (Phi) is 4.59. The van der Waals surface area contributed by atoms with Crippen LogP contribution in [0.4, 0.5) is 27.6 Å². The lowest BCUT2D eigenvalue weighted by atomic mass is 10.3. The first-order chi connectivity index (χ1) is 10.4. The number of benzene rings is 2. The largest absolute Gasteiger partial charge is 0.477 e. The van der Waals surface area contributed by atoms with Crippen LogP contribution in [0.25, 0.3) is 0 Å². The van der Waals surface area contributed by atoms with Crippen molar-refractivity contribution >= 4 is 11.6 Å². The van der Waals surface area contributed by atoms with E-state index in [0.717, 1.165) is 12.1 Å². The van der Waals surface area contributed by atoms with Gasteiger partial charge in [-0.1, -0.05) is 6.07 Å². The first-order valence-corrected chi connectivity index (χ1v) is 5.89. The molecule has 0 bridgehead atoms. The molecule has 116 valence electrons. The smallest absolute Gasteiger partial charge is 0.262 e. The van der Waals surface area contributed by atoms with E-state index in [1.54, 1.807) is 0 Å². The molecule has 0 aliphatic heterocycles. The lowest BCUT2D eigenvalue weighted by Crippen LogP contribution is -2.21. The monoisotopic (exact) mass is 317 g/mol. The van der Waals surface area contributed by atoms with Crippen LogP contribution in [0.5, 0.6) is 5.75 Å². The van der Waals surface area contributed by atoms with Crippen molar-refractivity contribution < 1.29 is 31.5 Å². The number of halogens is 5. The number of hydrogen-bond donors (Lipinski definition) is 1. The summed E-state index contributed by atoms with van der Waals surface area (Å²) < 4.78 is 69.8. The van der Waals surface area contributed by atoms with Crippen molar-refractivity contribution in [3.05, 3.63) is 59.4 Å². The summed E-state index contributed by atoms with van der Waals surface area (Å²) >= 11 is 0. The highest BCUT2D eigenvalue weighted by atomic mass is 19.2. The van der Waals surface area contributed by atoms with Gasteiger partial charge < -0.3 is 10.1 Å². The Bertz CT molecular complexity index is 694. The van der Waals surface area contributed by atoms with Gasteiger partial charge in [0.2, 0.25) is 11.6 Å². The zero-order valence-corrected chi connectivity index (χ0v) is 10.8. The number of amides is 1. The Balaban J connectivity index is 2.06. The molecule has 0 saturated heterocycles. The maximum Gasteiger partial charge on any atom is 0.262 e. The summed E-state index contributed by atoms with van der Waals surface area (Å²) in [6, 6.07) is 4.86. The topological polar surface area (TPSA) is 38.3 Å². The second kappa shape index (κ2) is 6.42. The molecule has 0 fully saturated rings. The molecule has 0 aliphatic rings. The number of rotatable bonds is 4. The molecule has 1 N–H and O–H groups in total. The molecule has 0 spiro atoms. The average molecular weight is 317 g/mol. The summed E-state index contributed by atoms with van der Waals surface area (Å²) in [6.45, 7) is -0.923. The van der Waals surface area contributed by atoms with Gasteiger partial charge in [0.05, 0.1) is 0 Å². The highest BCUT2D eigenvalue weighted by Gasteiger charge is 2.21. The molecule has 0 aromatic heterocycles. The lowest BCUT2D eigenvalue weighted by Gasteiger charge is -2.10. The predicted molar refractivity (Wildman–Crippen MR) is 66.8 cm³/mol. The molecule has 2 aromatic rings. The van der Waals surface area contributed by atoms with Crippen molar-refractivity contribution in [2.24, 2.45) is 0 Å². The van der Waals surface area contributed by atoms with Crippen LogP contribution < -0.4 is 10.1 Å². The molecule has 0 aliphatic carbocycles. The predicted octanol–water partition coefficient (Wildman–Crippen LogP) is 3.40. The standard InChI is InChI=1S/C14H8F5NO2/c15-7-2-1-3-8(4-7)20-11(21)6-22-14-12(18)9(16)5-10(17)13(14)19/h1-5H,6H2,(H,20,21). The second-order valence-corrected chi connectivity index (χ2v) is 4.14. The molecule has 2 aromatic carbocycles. The van der Waals surface area contributed by atoms with E-state index in [0.29, 0.717) is 0 Å². The molecule has 2 rings (SSSR count). The molecular weight excluding hydrogens is 309 g/mol. The third kappa shape index (κ3) is 3.51. The van der Waals surface area contributed by atoms with Crippen LogP contribution in [0.15, 0.2) is 30.3 Å². The van der Waals surface area contributed by atoms with E-state index < -0.39 is 47.3 Å². The van der Waals surface area contributed by atoms with Crippen LogP contribution in [0.3, 0.4) is 0 Å². The van der Waals surface area contributed by atoms with E-state index in [1.807, 2.05) is 0 Å². The zero-order chi connectivity index (χ0) is 16.3. The molecule has 0 atom stereocenters. The second-order valence-electron chi connectivity index (χ2n) is 4.14. The molecule has 0 radical (unpaired) electrons. The Labute approximate surface area is 121 Å². The minimum absolute atomic E-state index is 0.0182. The minimum atomic E-state index is -1.75. The van der Waals surface area contributed by atoms with Gasteiger partial charge in [-0.2, -0.15) is 8.78 Å². The Morgan fingerprint density at radius 2 is 1.64 bits per heavy atom. The lowest BCUT2D eigenvalue weighted by molar-refractivity contribution is -0.118. The highest BCUT2D eigenvalue weighted by molar-refractivity contribution is 5.91. The van der Waals surface area contributed by atoms with E-state index in [1.165, 1.54) is 12.1 Å². The molecule has 3 nitrogen and oxygen atoms in total. The van der Waals surface area contributed by atoms with Crippen molar-refractivity contribution in [3.8, 4) is 5.75 Å². The molecule has 1 amide bonds. The molecule has 0 heterocycles. The summed E-state index contributed by atoms with van der Waals surface area (Å²) in [5.74, 6) is -9.65. The number of ether oxygens (including phenoxy) is 1. The van der Waals surface area contributed by atoms with Gasteiger partial charge in [0.15, 0.2) is 24.0 Å². The van der Waals surface area contributed by atoms with Crippen molar-refractivity contribution in [3.63, 3.8) is 0 Å². The highest BCUT2D eigenvalue weighted by Crippen LogP contribution is 2.26. The van der Waals surface area contributed by atoms with Crippen molar-refractivity contribution in [1.82, 2.24) is 0 Å². The number of nitrogens with one attached hydrogen (secondary N) is 1. The summed E-state index contributed by atoms with van der Waals surface area (Å²) in [5.41, 5.74) is 0.0833. The van der Waals surface area contributed by atoms with E-state index >= 15 is 0 Å². The van der Waals surface area contributed by atoms with E-state index in [4.69, 9.17) is 0 Å². The van der Waals surface area contributed by atoms with Gasteiger partial charge >= 0.3 is 0 Å². The average Bonchev–Trinajstić information content (AvgIpc) is 2.45. The zero-order valence-electron chi connectivity index (χ0n) is 10.8. The first kappa shape index (κ1) is 15.7. The fraction of sp³-hybridized carbons (Fsp3) is 0.0714. The minimum Gasteiger partial charge on any atom is -0.477 e. The van der Waals surface area contributed by atoms with Gasteiger partial charge in [-0.05, 0) is 18.2 Å². The SMILES string of the molecule is O=C(COc1c(F)c(F)cc(F)c1F)Nc1cccc(F)c1. The van der Waals surface area contributed by atoms with Gasteiger partial charge in [0.25, 0.3) is 5.91 Å². The fourth-order valence-corrected chi connectivity index (χ4v) is 1.58. The number of carbonyl (C=O) groups is 1. The number of anilines is 1. The third-order valence-electron chi connectivity index (χ3n) is 2.53. The van der Waals surface area contributed by atoms with Crippen LogP contribution in [-0.2, 0) is 4.79 Å². The van der Waals surface area contributed by atoms with Gasteiger partial charge in [0, 0.05) is 11.8 Å². The van der Waals surface area contributed by atoms with Gasteiger partial charge in [0.1, 0.15) is 5.82 Å². The van der Waals surface area contributed by atoms with Crippen LogP contribution in [0, 0.1) is 29.1 Å². The number of carbonyl (C=O) groups excluding carboxylic acids is 1.